The largest absolute Gasteiger partial charge is 0.294 e. The molecule has 4 rings (SSSR count). The Bertz CT molecular complexity index is 505. The van der Waals surface area contributed by atoms with Gasteiger partial charge in [-0.25, -0.2) is 0 Å². The van der Waals surface area contributed by atoms with Gasteiger partial charge in [0.25, 0.3) is 0 Å². The summed E-state index contributed by atoms with van der Waals surface area (Å²) in [5.74, 6) is 3.37. The summed E-state index contributed by atoms with van der Waals surface area (Å²) in [5.41, 5.74) is 0.659. The summed E-state index contributed by atoms with van der Waals surface area (Å²) in [4.78, 5) is 12.4. The highest BCUT2D eigenvalue weighted by atomic mass is 35.5. The van der Waals surface area contributed by atoms with E-state index in [1.54, 1.807) is 18.2 Å². The molecule has 0 aliphatic heterocycles. The first-order chi connectivity index (χ1) is 9.52. The van der Waals surface area contributed by atoms with Crippen LogP contribution >= 0.6 is 23.2 Å². The van der Waals surface area contributed by atoms with Crippen LogP contribution in [0.15, 0.2) is 18.2 Å². The van der Waals surface area contributed by atoms with E-state index < -0.39 is 0 Å². The summed E-state index contributed by atoms with van der Waals surface area (Å²) < 4.78 is 0. The lowest BCUT2D eigenvalue weighted by Gasteiger charge is -2.41. The smallest absolute Gasteiger partial charge is 0.163 e. The average Bonchev–Trinajstić information content (AvgIpc) is 2.68. The van der Waals surface area contributed by atoms with Gasteiger partial charge in [-0.1, -0.05) is 30.1 Å². The second-order valence-electron chi connectivity index (χ2n) is 6.58. The van der Waals surface area contributed by atoms with Crippen molar-refractivity contribution in [2.45, 2.75) is 39.0 Å². The molecule has 0 amide bonds. The number of Topliss-reactive ketones (excluding diaryl/α,β-unsaturated/α-hetero) is 1. The van der Waals surface area contributed by atoms with Crippen LogP contribution in [0.1, 0.15) is 49.4 Å². The number of hydrogen-bond acceptors (Lipinski definition) is 1. The van der Waals surface area contributed by atoms with E-state index in [9.17, 15) is 4.79 Å². The van der Waals surface area contributed by atoms with E-state index in [1.165, 1.54) is 25.7 Å². The third-order valence-electron chi connectivity index (χ3n) is 5.33. The molecule has 0 radical (unpaired) electrons. The second-order valence-corrected chi connectivity index (χ2v) is 7.45. The predicted molar refractivity (Wildman–Crippen MR) is 83.5 cm³/mol. The highest BCUT2D eigenvalue weighted by Crippen LogP contribution is 2.50. The van der Waals surface area contributed by atoms with Crippen molar-refractivity contribution in [3.8, 4) is 0 Å². The lowest BCUT2D eigenvalue weighted by atomic mass is 9.65. The first-order valence-corrected chi connectivity index (χ1v) is 8.28. The quantitative estimate of drug-likeness (QED) is 0.660. The van der Waals surface area contributed by atoms with Gasteiger partial charge < -0.3 is 0 Å². The van der Waals surface area contributed by atoms with Gasteiger partial charge in [0.1, 0.15) is 0 Å². The van der Waals surface area contributed by atoms with Crippen LogP contribution in [-0.2, 0) is 0 Å². The first kappa shape index (κ1) is 14.4. The minimum atomic E-state index is 0.186. The van der Waals surface area contributed by atoms with Crippen molar-refractivity contribution in [2.24, 2.45) is 23.7 Å². The molecule has 20 heavy (non-hydrogen) atoms. The zero-order chi connectivity index (χ0) is 14.3. The van der Waals surface area contributed by atoms with Gasteiger partial charge in [0, 0.05) is 22.0 Å². The Morgan fingerprint density at radius 1 is 1.10 bits per heavy atom. The number of ketones is 1. The van der Waals surface area contributed by atoms with Crippen LogP contribution in [0.4, 0.5) is 0 Å². The minimum Gasteiger partial charge on any atom is -0.294 e. The molecule has 3 aliphatic carbocycles. The zero-order valence-corrected chi connectivity index (χ0v) is 13.3. The molecule has 1 aromatic carbocycles. The van der Waals surface area contributed by atoms with E-state index in [2.05, 4.69) is 6.92 Å². The summed E-state index contributed by atoms with van der Waals surface area (Å²) >= 11 is 12.0. The third kappa shape index (κ3) is 2.89. The van der Waals surface area contributed by atoms with Gasteiger partial charge in [-0.3, -0.25) is 4.79 Å². The highest BCUT2D eigenvalue weighted by Gasteiger charge is 2.41. The van der Waals surface area contributed by atoms with E-state index in [0.29, 0.717) is 27.9 Å². The molecule has 0 N–H and O–H groups in total. The Labute approximate surface area is 130 Å². The van der Waals surface area contributed by atoms with Crippen LogP contribution in [0.5, 0.6) is 0 Å². The van der Waals surface area contributed by atoms with Crippen molar-refractivity contribution in [3.63, 3.8) is 0 Å². The van der Waals surface area contributed by atoms with Crippen LogP contribution in [0.25, 0.3) is 0 Å². The molecule has 3 heteroatoms. The van der Waals surface area contributed by atoms with Crippen LogP contribution in [-0.4, -0.2) is 5.78 Å². The number of halogens is 2. The SMILES string of the molecule is CC1C2CCC(CC(=O)c3cc(Cl)cc(Cl)c3)CC1C2. The minimum absolute atomic E-state index is 0.186. The molecule has 1 aromatic rings. The Morgan fingerprint density at radius 3 is 2.45 bits per heavy atom. The lowest BCUT2D eigenvalue weighted by molar-refractivity contribution is 0.0855. The maximum atomic E-state index is 12.4. The highest BCUT2D eigenvalue weighted by molar-refractivity contribution is 6.35. The van der Waals surface area contributed by atoms with E-state index >= 15 is 0 Å². The van der Waals surface area contributed by atoms with E-state index in [0.717, 1.165) is 17.8 Å². The number of hydrogen-bond donors (Lipinski definition) is 0. The molecule has 3 aliphatic rings. The van der Waals surface area contributed by atoms with Crippen LogP contribution in [0.3, 0.4) is 0 Å². The molecule has 4 atom stereocenters. The van der Waals surface area contributed by atoms with Gasteiger partial charge in [0.05, 0.1) is 0 Å². The third-order valence-corrected chi connectivity index (χ3v) is 5.77. The van der Waals surface area contributed by atoms with Crippen molar-refractivity contribution in [1.82, 2.24) is 0 Å². The molecule has 0 saturated heterocycles. The number of carbonyl (C=O) groups excluding carboxylic acids is 1. The molecule has 2 bridgehead atoms. The second kappa shape index (κ2) is 5.69. The molecule has 3 fully saturated rings. The van der Waals surface area contributed by atoms with Crippen molar-refractivity contribution in [3.05, 3.63) is 33.8 Å². The summed E-state index contributed by atoms with van der Waals surface area (Å²) in [6.45, 7) is 2.37. The Morgan fingerprint density at radius 2 is 1.80 bits per heavy atom. The standard InChI is InChI=1S/C17H20Cl2O/c1-10-12-3-2-11(4-13(10)6-12)5-17(20)14-7-15(18)9-16(19)8-14/h7-13H,2-6H2,1H3. The molecule has 4 unspecified atom stereocenters. The topological polar surface area (TPSA) is 17.1 Å². The number of benzene rings is 1. The summed E-state index contributed by atoms with van der Waals surface area (Å²) in [6, 6.07) is 5.13. The van der Waals surface area contributed by atoms with Gasteiger partial charge in [-0.2, -0.15) is 0 Å². The fourth-order valence-electron chi connectivity index (χ4n) is 3.97. The molecule has 108 valence electrons. The molecular formula is C17H20Cl2O. The van der Waals surface area contributed by atoms with Crippen LogP contribution in [0, 0.1) is 23.7 Å². The van der Waals surface area contributed by atoms with Crippen molar-refractivity contribution in [2.75, 3.05) is 0 Å². The van der Waals surface area contributed by atoms with Gasteiger partial charge in [0.15, 0.2) is 5.78 Å². The Balaban J connectivity index is 1.66. The van der Waals surface area contributed by atoms with Gasteiger partial charge >= 0.3 is 0 Å². The van der Waals surface area contributed by atoms with Crippen molar-refractivity contribution in [1.29, 1.82) is 0 Å². The van der Waals surface area contributed by atoms with Gasteiger partial charge in [-0.15, -0.1) is 0 Å². The summed E-state index contributed by atoms with van der Waals surface area (Å²) in [7, 11) is 0. The van der Waals surface area contributed by atoms with E-state index in [-0.39, 0.29) is 5.78 Å². The summed E-state index contributed by atoms with van der Waals surface area (Å²) in [6.07, 6.45) is 5.75. The fourth-order valence-corrected chi connectivity index (χ4v) is 4.50. The molecule has 0 spiro atoms. The molecule has 3 saturated carbocycles. The predicted octanol–water partition coefficient (Wildman–Crippen LogP) is 5.64. The van der Waals surface area contributed by atoms with Crippen LogP contribution < -0.4 is 0 Å². The molecule has 0 heterocycles. The molecule has 0 aromatic heterocycles. The Hall–Kier alpha value is -0.530. The van der Waals surface area contributed by atoms with Crippen molar-refractivity contribution < 1.29 is 4.79 Å². The lowest BCUT2D eigenvalue weighted by Crippen LogP contribution is -2.32. The number of fused-ring (bicyclic) bond motifs is 3. The molecule has 1 nitrogen and oxygen atoms in total. The maximum absolute atomic E-state index is 12.4. The zero-order valence-electron chi connectivity index (χ0n) is 11.7. The maximum Gasteiger partial charge on any atom is 0.163 e. The van der Waals surface area contributed by atoms with Gasteiger partial charge in [-0.05, 0) is 67.6 Å². The van der Waals surface area contributed by atoms with E-state index in [4.69, 9.17) is 23.2 Å². The normalized spacial score (nSPS) is 32.4. The Kier molecular flexibility index (Phi) is 4.10. The van der Waals surface area contributed by atoms with Gasteiger partial charge in [0.2, 0.25) is 0 Å². The summed E-state index contributed by atoms with van der Waals surface area (Å²) in [5, 5.41) is 1.08. The number of rotatable bonds is 3. The molecular weight excluding hydrogens is 291 g/mol. The van der Waals surface area contributed by atoms with Crippen LogP contribution in [0.2, 0.25) is 10.0 Å². The van der Waals surface area contributed by atoms with Crippen molar-refractivity contribution >= 4 is 29.0 Å². The fraction of sp³-hybridized carbons (Fsp3) is 0.588. The van der Waals surface area contributed by atoms with E-state index in [1.807, 2.05) is 0 Å². The monoisotopic (exact) mass is 310 g/mol. The number of carbonyl (C=O) groups is 1. The average molecular weight is 311 g/mol. The first-order valence-electron chi connectivity index (χ1n) is 7.52.